The molecule has 1 heterocycles. The molecule has 1 aromatic rings. The minimum atomic E-state index is -4.26. The second-order valence-corrected chi connectivity index (χ2v) is 6.49. The Kier molecular flexibility index (Phi) is 5.62. The largest absolute Gasteiger partial charge is 0.327 e. The quantitative estimate of drug-likeness (QED) is 0.659. The highest BCUT2D eigenvalue weighted by Crippen LogP contribution is 2.30. The van der Waals surface area contributed by atoms with E-state index in [-0.39, 0.29) is 31.5 Å². The fourth-order valence-electron chi connectivity index (χ4n) is 2.22. The lowest BCUT2D eigenvalue weighted by Crippen LogP contribution is -2.45. The van der Waals surface area contributed by atoms with Crippen molar-refractivity contribution in [2.75, 3.05) is 13.1 Å². The van der Waals surface area contributed by atoms with E-state index in [1.165, 1.54) is 0 Å². The van der Waals surface area contributed by atoms with Gasteiger partial charge in [0.1, 0.15) is 5.82 Å². The molecule has 7 nitrogen and oxygen atoms in total. The Morgan fingerprint density at radius 3 is 2.67 bits per heavy atom. The Balaban J connectivity index is 0.00000220. The van der Waals surface area contributed by atoms with Crippen LogP contribution in [0.3, 0.4) is 0 Å². The van der Waals surface area contributed by atoms with Crippen LogP contribution in [0, 0.1) is 15.9 Å². The van der Waals surface area contributed by atoms with Crippen molar-refractivity contribution in [1.29, 1.82) is 0 Å². The van der Waals surface area contributed by atoms with Crippen LogP contribution in [0.25, 0.3) is 0 Å². The molecule has 0 aromatic heterocycles. The third-order valence-corrected chi connectivity index (χ3v) is 5.09. The van der Waals surface area contributed by atoms with Crippen LogP contribution in [0.15, 0.2) is 23.1 Å². The van der Waals surface area contributed by atoms with Gasteiger partial charge in [-0.25, -0.2) is 12.8 Å². The average Bonchev–Trinajstić information content (AvgIpc) is 2.38. The van der Waals surface area contributed by atoms with Gasteiger partial charge in [0.05, 0.1) is 4.92 Å². The molecule has 1 aliphatic rings. The molecule has 0 spiro atoms. The Morgan fingerprint density at radius 2 is 2.10 bits per heavy atom. The standard InChI is InChI=1S/C11H14FN3O4S.ClH/c12-9-4-1-5-10(15(16)17)11(9)20(18,19)14-6-2-3-8(13)7-14;/h1,4-5,8H,2-3,6-7,13H2;1H. The van der Waals surface area contributed by atoms with Gasteiger partial charge in [0.15, 0.2) is 4.90 Å². The number of piperidine rings is 1. The molecule has 0 amide bonds. The second-order valence-electron chi connectivity index (χ2n) is 4.61. The first-order valence-corrected chi connectivity index (χ1v) is 7.46. The van der Waals surface area contributed by atoms with Gasteiger partial charge in [-0.2, -0.15) is 4.31 Å². The Morgan fingerprint density at radius 1 is 1.43 bits per heavy atom. The first kappa shape index (κ1) is 17.8. The number of nitro groups is 1. The lowest BCUT2D eigenvalue weighted by Gasteiger charge is -2.29. The van der Waals surface area contributed by atoms with Gasteiger partial charge in [-0.1, -0.05) is 6.07 Å². The zero-order valence-corrected chi connectivity index (χ0v) is 12.6. The Bertz CT molecular complexity index is 640. The number of nitrogens with zero attached hydrogens (tertiary/aromatic N) is 2. The molecule has 0 bridgehead atoms. The first-order chi connectivity index (χ1) is 9.34. The summed E-state index contributed by atoms with van der Waals surface area (Å²) in [6, 6.07) is 2.63. The van der Waals surface area contributed by atoms with E-state index in [2.05, 4.69) is 0 Å². The number of benzene rings is 1. The second kappa shape index (κ2) is 6.65. The minimum absolute atomic E-state index is 0. The van der Waals surface area contributed by atoms with Crippen LogP contribution in [0.4, 0.5) is 10.1 Å². The highest BCUT2D eigenvalue weighted by molar-refractivity contribution is 7.89. The van der Waals surface area contributed by atoms with Gasteiger partial charge in [0.2, 0.25) is 0 Å². The smallest absolute Gasteiger partial charge is 0.292 e. The van der Waals surface area contributed by atoms with Crippen LogP contribution in [-0.4, -0.2) is 36.8 Å². The van der Waals surface area contributed by atoms with Gasteiger partial charge in [-0.3, -0.25) is 10.1 Å². The summed E-state index contributed by atoms with van der Waals surface area (Å²) in [5, 5.41) is 10.9. The van der Waals surface area contributed by atoms with E-state index in [0.717, 1.165) is 22.5 Å². The molecule has 0 aliphatic carbocycles. The van der Waals surface area contributed by atoms with Crippen molar-refractivity contribution in [1.82, 2.24) is 4.31 Å². The third-order valence-electron chi connectivity index (χ3n) is 3.16. The summed E-state index contributed by atoms with van der Waals surface area (Å²) in [4.78, 5) is 9.11. The van der Waals surface area contributed by atoms with E-state index in [9.17, 15) is 22.9 Å². The van der Waals surface area contributed by atoms with Crippen molar-refractivity contribution in [2.24, 2.45) is 5.73 Å². The van der Waals surface area contributed by atoms with Crippen molar-refractivity contribution in [2.45, 2.75) is 23.8 Å². The number of nitrogens with two attached hydrogens (primary N) is 1. The van der Waals surface area contributed by atoms with Crippen molar-refractivity contribution >= 4 is 28.1 Å². The third kappa shape index (κ3) is 3.49. The van der Waals surface area contributed by atoms with Gasteiger partial charge in [0.25, 0.3) is 15.7 Å². The molecule has 1 atom stereocenters. The summed E-state index contributed by atoms with van der Waals surface area (Å²) in [6.07, 6.45) is 1.22. The molecule has 0 radical (unpaired) electrons. The number of rotatable bonds is 3. The zero-order valence-electron chi connectivity index (χ0n) is 10.9. The van der Waals surface area contributed by atoms with Crippen LogP contribution >= 0.6 is 12.4 Å². The van der Waals surface area contributed by atoms with E-state index in [1.54, 1.807) is 0 Å². The maximum Gasteiger partial charge on any atom is 0.292 e. The highest BCUT2D eigenvalue weighted by atomic mass is 35.5. The lowest BCUT2D eigenvalue weighted by atomic mass is 10.1. The van der Waals surface area contributed by atoms with Crippen LogP contribution < -0.4 is 5.73 Å². The maximum atomic E-state index is 13.8. The van der Waals surface area contributed by atoms with Gasteiger partial charge in [-0.15, -0.1) is 12.4 Å². The molecular weight excluding hydrogens is 325 g/mol. The fraction of sp³-hybridized carbons (Fsp3) is 0.455. The molecule has 1 aliphatic heterocycles. The van der Waals surface area contributed by atoms with Crippen molar-refractivity contribution in [3.05, 3.63) is 34.1 Å². The number of hydrogen-bond donors (Lipinski definition) is 1. The zero-order chi connectivity index (χ0) is 14.9. The summed E-state index contributed by atoms with van der Waals surface area (Å²) >= 11 is 0. The average molecular weight is 340 g/mol. The van der Waals surface area contributed by atoms with Gasteiger partial charge in [0, 0.05) is 25.2 Å². The molecular formula is C11H15ClFN3O4S. The van der Waals surface area contributed by atoms with Crippen LogP contribution in [0.2, 0.25) is 0 Å². The molecule has 1 unspecified atom stereocenters. The van der Waals surface area contributed by atoms with Crippen molar-refractivity contribution in [3.8, 4) is 0 Å². The topological polar surface area (TPSA) is 107 Å². The number of sulfonamides is 1. The molecule has 1 fully saturated rings. The highest BCUT2D eigenvalue weighted by Gasteiger charge is 2.36. The molecule has 0 saturated carbocycles. The summed E-state index contributed by atoms with van der Waals surface area (Å²) in [5.41, 5.74) is 4.94. The van der Waals surface area contributed by atoms with Crippen molar-refractivity contribution in [3.63, 3.8) is 0 Å². The molecule has 2 rings (SSSR count). The maximum absolute atomic E-state index is 13.8. The van der Waals surface area contributed by atoms with E-state index >= 15 is 0 Å². The number of nitro benzene ring substituents is 1. The van der Waals surface area contributed by atoms with E-state index in [1.807, 2.05) is 0 Å². The van der Waals surface area contributed by atoms with E-state index < -0.39 is 31.3 Å². The molecule has 21 heavy (non-hydrogen) atoms. The monoisotopic (exact) mass is 339 g/mol. The SMILES string of the molecule is Cl.NC1CCCN(S(=O)(=O)c2c(F)cccc2[N+](=O)[O-])C1. The molecule has 118 valence electrons. The number of hydrogen-bond acceptors (Lipinski definition) is 5. The van der Waals surface area contributed by atoms with Gasteiger partial charge < -0.3 is 5.73 Å². The number of halogens is 2. The van der Waals surface area contributed by atoms with Gasteiger partial charge in [-0.05, 0) is 18.9 Å². The van der Waals surface area contributed by atoms with Crippen LogP contribution in [0.1, 0.15) is 12.8 Å². The first-order valence-electron chi connectivity index (χ1n) is 6.02. The summed E-state index contributed by atoms with van der Waals surface area (Å²) in [6.45, 7) is 0.218. The summed E-state index contributed by atoms with van der Waals surface area (Å²) < 4.78 is 39.6. The van der Waals surface area contributed by atoms with E-state index in [4.69, 9.17) is 5.73 Å². The molecule has 10 heteroatoms. The summed E-state index contributed by atoms with van der Waals surface area (Å²) in [5.74, 6) is -1.13. The predicted molar refractivity (Wildman–Crippen MR) is 76.3 cm³/mol. The Hall–Kier alpha value is -1.29. The molecule has 1 saturated heterocycles. The van der Waals surface area contributed by atoms with E-state index in [0.29, 0.717) is 12.8 Å². The van der Waals surface area contributed by atoms with Crippen molar-refractivity contribution < 1.29 is 17.7 Å². The fourth-order valence-corrected chi connectivity index (χ4v) is 3.95. The van der Waals surface area contributed by atoms with Gasteiger partial charge >= 0.3 is 0 Å². The molecule has 1 aromatic carbocycles. The lowest BCUT2D eigenvalue weighted by molar-refractivity contribution is -0.388. The predicted octanol–water partition coefficient (Wildman–Crippen LogP) is 1.27. The summed E-state index contributed by atoms with van der Waals surface area (Å²) in [7, 11) is -4.26. The van der Waals surface area contributed by atoms with Crippen LogP contribution in [-0.2, 0) is 10.0 Å². The molecule has 2 N–H and O–H groups in total. The Labute approximate surface area is 127 Å². The normalized spacial score (nSPS) is 19.8. The van der Waals surface area contributed by atoms with Crippen LogP contribution in [0.5, 0.6) is 0 Å². The minimum Gasteiger partial charge on any atom is -0.327 e.